The molecule has 1 aliphatic heterocycles. The number of amides is 2. The predicted molar refractivity (Wildman–Crippen MR) is 101 cm³/mol. The highest BCUT2D eigenvalue weighted by atomic mass is 19.1. The number of likely N-dealkylation sites (tertiary alicyclic amines) is 1. The third-order valence-corrected chi connectivity index (χ3v) is 5.72. The van der Waals surface area contributed by atoms with Gasteiger partial charge in [0.2, 0.25) is 5.91 Å². The zero-order chi connectivity index (χ0) is 19.0. The molecule has 1 aromatic heterocycles. The Morgan fingerprint density at radius 1 is 1.15 bits per heavy atom. The number of aromatic nitrogens is 1. The highest BCUT2D eigenvalue weighted by Gasteiger charge is 2.39. The summed E-state index contributed by atoms with van der Waals surface area (Å²) in [7, 11) is 0. The van der Waals surface area contributed by atoms with Gasteiger partial charge in [-0.15, -0.1) is 0 Å². The molecule has 0 radical (unpaired) electrons. The first-order chi connectivity index (χ1) is 13.0. The lowest BCUT2D eigenvalue weighted by Gasteiger charge is -2.33. The van der Waals surface area contributed by atoms with Crippen molar-refractivity contribution < 1.29 is 14.0 Å². The molecule has 0 spiro atoms. The minimum Gasteiger partial charge on any atom is -0.351 e. The Bertz CT molecular complexity index is 841. The predicted octanol–water partition coefficient (Wildman–Crippen LogP) is 3.70. The van der Waals surface area contributed by atoms with E-state index >= 15 is 0 Å². The van der Waals surface area contributed by atoms with Crippen LogP contribution in [-0.4, -0.2) is 34.4 Å². The normalized spacial score (nSPS) is 22.5. The molecule has 4 rings (SSSR count). The van der Waals surface area contributed by atoms with E-state index in [9.17, 15) is 14.0 Å². The number of nitrogens with zero attached hydrogens (tertiary/aromatic N) is 2. The molecule has 1 aliphatic carbocycles. The molecule has 1 saturated carbocycles. The lowest BCUT2D eigenvalue weighted by atomic mass is 10.0. The number of hydrogen-bond acceptors (Lipinski definition) is 2. The number of halogens is 1. The van der Waals surface area contributed by atoms with Crippen LogP contribution >= 0.6 is 0 Å². The molecule has 142 valence electrons. The summed E-state index contributed by atoms with van der Waals surface area (Å²) in [4.78, 5) is 27.0. The van der Waals surface area contributed by atoms with Crippen LogP contribution in [0, 0.1) is 17.7 Å². The van der Waals surface area contributed by atoms with E-state index in [2.05, 4.69) is 9.88 Å². The molecule has 6 heteroatoms. The number of nitrogens with one attached hydrogen (secondary N) is 1. The molecule has 0 bridgehead atoms. The van der Waals surface area contributed by atoms with Gasteiger partial charge in [0.05, 0.1) is 11.3 Å². The van der Waals surface area contributed by atoms with Gasteiger partial charge in [-0.1, -0.05) is 6.92 Å². The minimum absolute atomic E-state index is 0.00433. The van der Waals surface area contributed by atoms with Gasteiger partial charge in [-0.25, -0.2) is 4.39 Å². The molecule has 2 heterocycles. The highest BCUT2D eigenvalue weighted by Crippen LogP contribution is 2.38. The van der Waals surface area contributed by atoms with E-state index in [1.54, 1.807) is 4.90 Å². The summed E-state index contributed by atoms with van der Waals surface area (Å²) >= 11 is 0. The average molecular weight is 369 g/mol. The van der Waals surface area contributed by atoms with Crippen LogP contribution < -0.4 is 5.32 Å². The number of anilines is 1. The lowest BCUT2D eigenvalue weighted by molar-refractivity contribution is -0.117. The zero-order valence-corrected chi connectivity index (χ0v) is 15.4. The van der Waals surface area contributed by atoms with Crippen LogP contribution in [0.4, 0.5) is 10.1 Å². The van der Waals surface area contributed by atoms with Crippen molar-refractivity contribution in [2.75, 3.05) is 18.4 Å². The Balaban J connectivity index is 1.46. The van der Waals surface area contributed by atoms with Crippen LogP contribution in [-0.2, 0) is 4.79 Å². The maximum absolute atomic E-state index is 13.8. The molecule has 5 nitrogen and oxygen atoms in total. The number of carbonyl (C=O) groups excluding carboxylic acids is 2. The molecule has 0 unspecified atom stereocenters. The number of rotatable bonds is 4. The zero-order valence-electron chi connectivity index (χ0n) is 15.4. The van der Waals surface area contributed by atoms with E-state index in [0.29, 0.717) is 30.7 Å². The summed E-state index contributed by atoms with van der Waals surface area (Å²) in [5, 5.41) is 2.82. The second-order valence-corrected chi connectivity index (χ2v) is 7.65. The van der Waals surface area contributed by atoms with Crippen LogP contribution in [0.2, 0.25) is 0 Å². The molecule has 2 fully saturated rings. The molecule has 1 aromatic carbocycles. The van der Waals surface area contributed by atoms with Crippen molar-refractivity contribution in [2.45, 2.75) is 32.2 Å². The van der Waals surface area contributed by atoms with Gasteiger partial charge in [-0.05, 0) is 55.5 Å². The summed E-state index contributed by atoms with van der Waals surface area (Å²) in [5.74, 6) is -0.417. The first-order valence-electron chi connectivity index (χ1n) is 9.55. The van der Waals surface area contributed by atoms with Crippen LogP contribution in [0.1, 0.15) is 42.6 Å². The van der Waals surface area contributed by atoms with Gasteiger partial charge >= 0.3 is 0 Å². The maximum Gasteiger partial charge on any atom is 0.256 e. The van der Waals surface area contributed by atoms with E-state index in [1.165, 1.54) is 18.2 Å². The molecular formula is C21H24FN3O2. The van der Waals surface area contributed by atoms with Crippen molar-refractivity contribution in [3.63, 3.8) is 0 Å². The fourth-order valence-corrected chi connectivity index (χ4v) is 3.84. The topological polar surface area (TPSA) is 54.3 Å². The Morgan fingerprint density at radius 2 is 1.81 bits per heavy atom. The fourth-order valence-electron chi connectivity index (χ4n) is 3.84. The highest BCUT2D eigenvalue weighted by molar-refractivity contribution is 6.04. The average Bonchev–Trinajstić information content (AvgIpc) is 3.18. The monoisotopic (exact) mass is 369 g/mol. The Hall–Kier alpha value is -2.63. The summed E-state index contributed by atoms with van der Waals surface area (Å²) in [5.41, 5.74) is 0.633. The van der Waals surface area contributed by atoms with Crippen molar-refractivity contribution in [1.82, 2.24) is 9.47 Å². The molecule has 1 saturated heterocycles. The molecule has 27 heavy (non-hydrogen) atoms. The second kappa shape index (κ2) is 7.18. The lowest BCUT2D eigenvalue weighted by Crippen LogP contribution is -2.39. The van der Waals surface area contributed by atoms with E-state index in [4.69, 9.17) is 0 Å². The smallest absolute Gasteiger partial charge is 0.256 e. The number of hydrogen-bond donors (Lipinski definition) is 1. The second-order valence-electron chi connectivity index (χ2n) is 7.65. The number of carbonyl (C=O) groups is 2. The van der Waals surface area contributed by atoms with Gasteiger partial charge in [0.25, 0.3) is 5.91 Å². The summed E-state index contributed by atoms with van der Waals surface area (Å²) in [6.07, 6.45) is 6.67. The van der Waals surface area contributed by atoms with Gasteiger partial charge in [-0.3, -0.25) is 9.59 Å². The fraction of sp³-hybridized carbons (Fsp3) is 0.429. The Morgan fingerprint density at radius 3 is 2.44 bits per heavy atom. The van der Waals surface area contributed by atoms with Crippen molar-refractivity contribution in [3.8, 4) is 0 Å². The maximum atomic E-state index is 13.8. The van der Waals surface area contributed by atoms with E-state index < -0.39 is 5.82 Å². The van der Waals surface area contributed by atoms with Gasteiger partial charge in [0.1, 0.15) is 5.82 Å². The SMILES string of the molecule is C[C@H]1C[C@@H]1C(=O)Nc1ccc(F)cc1C(=O)N1CCC(n2cccc2)CC1. The van der Waals surface area contributed by atoms with Gasteiger partial charge in [0.15, 0.2) is 0 Å². The first-order valence-corrected chi connectivity index (χ1v) is 9.55. The van der Waals surface area contributed by atoms with Crippen molar-refractivity contribution in [3.05, 3.63) is 54.1 Å². The largest absolute Gasteiger partial charge is 0.351 e. The van der Waals surface area contributed by atoms with Gasteiger partial charge in [0, 0.05) is 37.4 Å². The molecular weight excluding hydrogens is 345 g/mol. The van der Waals surface area contributed by atoms with Crippen molar-refractivity contribution >= 4 is 17.5 Å². The van der Waals surface area contributed by atoms with E-state index in [-0.39, 0.29) is 23.3 Å². The van der Waals surface area contributed by atoms with E-state index in [1.807, 2.05) is 31.5 Å². The molecule has 1 N–H and O–H groups in total. The van der Waals surface area contributed by atoms with E-state index in [0.717, 1.165) is 19.3 Å². The minimum atomic E-state index is -0.474. The van der Waals surface area contributed by atoms with Crippen molar-refractivity contribution in [1.29, 1.82) is 0 Å². The van der Waals surface area contributed by atoms with Gasteiger partial charge < -0.3 is 14.8 Å². The third-order valence-electron chi connectivity index (χ3n) is 5.72. The Kier molecular flexibility index (Phi) is 4.72. The van der Waals surface area contributed by atoms with Crippen LogP contribution in [0.5, 0.6) is 0 Å². The summed E-state index contributed by atoms with van der Waals surface area (Å²) in [6, 6.07) is 8.37. The molecule has 2 amide bonds. The number of piperidine rings is 1. The van der Waals surface area contributed by atoms with Crippen LogP contribution in [0.3, 0.4) is 0 Å². The first kappa shape index (κ1) is 17.8. The number of benzene rings is 1. The summed E-state index contributed by atoms with van der Waals surface area (Å²) in [6.45, 7) is 3.26. The quantitative estimate of drug-likeness (QED) is 0.893. The van der Waals surface area contributed by atoms with Crippen molar-refractivity contribution in [2.24, 2.45) is 11.8 Å². The molecule has 2 aromatic rings. The molecule has 2 aliphatic rings. The summed E-state index contributed by atoms with van der Waals surface area (Å²) < 4.78 is 16.0. The van der Waals surface area contributed by atoms with Crippen LogP contribution in [0.15, 0.2) is 42.7 Å². The van der Waals surface area contributed by atoms with Gasteiger partial charge in [-0.2, -0.15) is 0 Å². The third kappa shape index (κ3) is 3.75. The Labute approximate surface area is 158 Å². The molecule has 2 atom stereocenters. The standard InChI is InChI=1S/C21H24FN3O2/c1-14-12-17(14)20(26)23-19-5-4-15(22)13-18(19)21(27)25-10-6-16(7-11-25)24-8-2-3-9-24/h2-5,8-9,13-14,16-17H,6-7,10-12H2,1H3,(H,23,26)/t14-,17-/m0/s1. The van der Waals surface area contributed by atoms with Crippen LogP contribution in [0.25, 0.3) is 0 Å².